The molecule has 1 aromatic rings. The maximum absolute atomic E-state index is 12.9. The number of hydrogen-bond acceptors (Lipinski definition) is 3. The third-order valence-corrected chi connectivity index (χ3v) is 5.71. The van der Waals surface area contributed by atoms with Gasteiger partial charge in [-0.25, -0.2) is 0 Å². The smallest absolute Gasteiger partial charge is 0.182 e. The first-order valence-electron chi connectivity index (χ1n) is 7.07. The fourth-order valence-electron chi connectivity index (χ4n) is 2.78. The maximum atomic E-state index is 12.9. The van der Waals surface area contributed by atoms with Gasteiger partial charge in [-0.3, -0.25) is 4.79 Å². The number of halogens is 1. The van der Waals surface area contributed by atoms with E-state index in [-0.39, 0.29) is 11.5 Å². The summed E-state index contributed by atoms with van der Waals surface area (Å²) >= 11 is 4.98. The van der Waals surface area contributed by atoms with E-state index in [1.807, 2.05) is 45.9 Å². The van der Waals surface area contributed by atoms with Crippen molar-refractivity contribution < 1.29 is 9.90 Å². The lowest BCUT2D eigenvalue weighted by Crippen LogP contribution is -2.41. The molecule has 0 amide bonds. The van der Waals surface area contributed by atoms with Gasteiger partial charge in [-0.15, -0.1) is 11.8 Å². The molecule has 1 aromatic carbocycles. The van der Waals surface area contributed by atoms with Gasteiger partial charge >= 0.3 is 0 Å². The molecule has 1 heterocycles. The number of benzene rings is 1. The molecular weight excluding hydrogens is 348 g/mol. The Bertz CT molecular complexity index is 630. The number of aryl methyl sites for hydroxylation is 1. The lowest BCUT2D eigenvalue weighted by Gasteiger charge is -2.39. The Morgan fingerprint density at radius 2 is 1.81 bits per heavy atom. The van der Waals surface area contributed by atoms with E-state index < -0.39 is 9.49 Å². The zero-order valence-electron chi connectivity index (χ0n) is 13.1. The first kappa shape index (κ1) is 16.6. The number of carbonyl (C=O) groups is 1. The minimum Gasteiger partial charge on any atom is -0.510 e. The van der Waals surface area contributed by atoms with Crippen molar-refractivity contribution in [3.63, 3.8) is 0 Å². The quantitative estimate of drug-likeness (QED) is 0.783. The van der Waals surface area contributed by atoms with Crippen LogP contribution in [0.15, 0.2) is 28.4 Å². The second-order valence-corrected chi connectivity index (χ2v) is 9.49. The number of ketones is 1. The van der Waals surface area contributed by atoms with Crippen molar-refractivity contribution in [1.29, 1.82) is 0 Å². The average molecular weight is 369 g/mol. The Morgan fingerprint density at radius 1 is 1.19 bits per heavy atom. The average Bonchev–Trinajstić information content (AvgIpc) is 2.36. The van der Waals surface area contributed by atoms with Crippen LogP contribution in [0.1, 0.15) is 45.7 Å². The third kappa shape index (κ3) is 2.93. The van der Waals surface area contributed by atoms with Gasteiger partial charge in [-0.2, -0.15) is 0 Å². The summed E-state index contributed by atoms with van der Waals surface area (Å²) in [7, 11) is 0. The van der Waals surface area contributed by atoms with Gasteiger partial charge < -0.3 is 5.11 Å². The summed E-state index contributed by atoms with van der Waals surface area (Å²) in [6.45, 7) is 9.84. The highest BCUT2D eigenvalue weighted by molar-refractivity contribution is 9.10. The van der Waals surface area contributed by atoms with Crippen molar-refractivity contribution in [2.75, 3.05) is 0 Å². The van der Waals surface area contributed by atoms with Crippen LogP contribution in [-0.4, -0.2) is 20.4 Å². The van der Waals surface area contributed by atoms with E-state index in [0.29, 0.717) is 5.57 Å². The number of allylic oxidation sites excluding steroid dienone is 1. The standard InChI is InChI=1S/C17H21BrO2S/c1-6-10-7-8-11(18)9-12(10)13-14(19)16(2,3)21-17(4,5)15(13)20/h7-9,19H,6H2,1-5H3. The Hall–Kier alpha value is -0.740. The molecule has 0 fully saturated rings. The lowest BCUT2D eigenvalue weighted by atomic mass is 9.86. The summed E-state index contributed by atoms with van der Waals surface area (Å²) in [4.78, 5) is 12.9. The number of thioether (sulfide) groups is 1. The molecule has 2 nitrogen and oxygen atoms in total. The van der Waals surface area contributed by atoms with Crippen LogP contribution in [0.25, 0.3) is 5.57 Å². The van der Waals surface area contributed by atoms with Gasteiger partial charge in [0.15, 0.2) is 5.78 Å². The summed E-state index contributed by atoms with van der Waals surface area (Å²) in [5.74, 6) is 0.182. The Morgan fingerprint density at radius 3 is 2.38 bits per heavy atom. The van der Waals surface area contributed by atoms with Gasteiger partial charge in [0, 0.05) is 4.47 Å². The summed E-state index contributed by atoms with van der Waals surface area (Å²) in [5.41, 5.74) is 2.39. The molecule has 0 radical (unpaired) electrons. The Labute approximate surface area is 139 Å². The molecule has 2 rings (SSSR count). The first-order valence-corrected chi connectivity index (χ1v) is 8.68. The molecular formula is C17H21BrO2S. The highest BCUT2D eigenvalue weighted by atomic mass is 79.9. The summed E-state index contributed by atoms with van der Waals surface area (Å²) in [5, 5.41) is 10.7. The predicted octanol–water partition coefficient (Wildman–Crippen LogP) is 5.15. The molecule has 0 aliphatic carbocycles. The fourth-order valence-corrected chi connectivity index (χ4v) is 4.81. The van der Waals surface area contributed by atoms with Crippen molar-refractivity contribution >= 4 is 39.0 Å². The van der Waals surface area contributed by atoms with E-state index in [1.165, 1.54) is 11.8 Å². The topological polar surface area (TPSA) is 37.3 Å². The number of rotatable bonds is 2. The lowest BCUT2D eigenvalue weighted by molar-refractivity contribution is -0.115. The Kier molecular flexibility index (Phi) is 4.33. The van der Waals surface area contributed by atoms with E-state index in [2.05, 4.69) is 22.9 Å². The van der Waals surface area contributed by atoms with Gasteiger partial charge in [0.25, 0.3) is 0 Å². The van der Waals surface area contributed by atoms with Crippen molar-refractivity contribution in [2.24, 2.45) is 0 Å². The van der Waals surface area contributed by atoms with Gasteiger partial charge in [-0.1, -0.05) is 28.9 Å². The van der Waals surface area contributed by atoms with Crippen molar-refractivity contribution in [2.45, 2.75) is 50.5 Å². The van der Waals surface area contributed by atoms with E-state index in [9.17, 15) is 9.90 Å². The summed E-state index contributed by atoms with van der Waals surface area (Å²) < 4.78 is -0.102. The number of Topliss-reactive ketones (excluding diaryl/α,β-unsaturated/α-hetero) is 1. The maximum Gasteiger partial charge on any atom is 0.182 e. The van der Waals surface area contributed by atoms with Gasteiger partial charge in [0.2, 0.25) is 0 Å². The fraction of sp³-hybridized carbons (Fsp3) is 0.471. The van der Waals surface area contributed by atoms with Gasteiger partial charge in [0.05, 0.1) is 15.1 Å². The molecule has 0 spiro atoms. The van der Waals surface area contributed by atoms with Gasteiger partial charge in [-0.05, 0) is 57.4 Å². The van der Waals surface area contributed by atoms with E-state index in [1.54, 1.807) is 0 Å². The molecule has 1 aliphatic rings. The Balaban J connectivity index is 2.76. The second kappa shape index (κ2) is 5.47. The van der Waals surface area contributed by atoms with Crippen LogP contribution in [0.4, 0.5) is 0 Å². The third-order valence-electron chi connectivity index (χ3n) is 3.81. The molecule has 0 bridgehead atoms. The molecule has 0 atom stereocenters. The minimum absolute atomic E-state index is 0.00266. The van der Waals surface area contributed by atoms with E-state index in [4.69, 9.17) is 0 Å². The number of hydrogen-bond donors (Lipinski definition) is 1. The second-order valence-electron chi connectivity index (χ2n) is 6.33. The van der Waals surface area contributed by atoms with Crippen LogP contribution < -0.4 is 0 Å². The van der Waals surface area contributed by atoms with Crippen molar-refractivity contribution in [3.05, 3.63) is 39.6 Å². The largest absolute Gasteiger partial charge is 0.510 e. The zero-order valence-corrected chi connectivity index (χ0v) is 15.5. The highest BCUT2D eigenvalue weighted by Gasteiger charge is 2.46. The summed E-state index contributed by atoms with van der Waals surface area (Å²) in [6.07, 6.45) is 0.820. The number of aliphatic hydroxyl groups excluding tert-OH is 1. The molecule has 4 heteroatoms. The molecule has 0 unspecified atom stereocenters. The first-order chi connectivity index (χ1) is 9.60. The zero-order chi connectivity index (χ0) is 16.0. The molecule has 0 saturated heterocycles. The van der Waals surface area contributed by atoms with Crippen LogP contribution in [0.5, 0.6) is 0 Å². The number of carbonyl (C=O) groups excluding carboxylic acids is 1. The molecule has 1 N–H and O–H groups in total. The minimum atomic E-state index is -0.543. The molecule has 21 heavy (non-hydrogen) atoms. The molecule has 0 aromatic heterocycles. The number of aliphatic hydroxyl groups is 1. The SMILES string of the molecule is CCc1ccc(Br)cc1C1=C(O)C(C)(C)SC(C)(C)C1=O. The van der Waals surface area contributed by atoms with Crippen LogP contribution in [0.2, 0.25) is 0 Å². The van der Waals surface area contributed by atoms with Crippen molar-refractivity contribution in [1.82, 2.24) is 0 Å². The van der Waals surface area contributed by atoms with Gasteiger partial charge in [0.1, 0.15) is 5.76 Å². The van der Waals surface area contributed by atoms with Crippen LogP contribution >= 0.6 is 27.7 Å². The van der Waals surface area contributed by atoms with Crippen LogP contribution in [0.3, 0.4) is 0 Å². The molecule has 114 valence electrons. The van der Waals surface area contributed by atoms with E-state index in [0.717, 1.165) is 22.0 Å². The van der Waals surface area contributed by atoms with Crippen LogP contribution in [-0.2, 0) is 11.2 Å². The van der Waals surface area contributed by atoms with Crippen molar-refractivity contribution in [3.8, 4) is 0 Å². The highest BCUT2D eigenvalue weighted by Crippen LogP contribution is 2.50. The van der Waals surface area contributed by atoms with Crippen LogP contribution in [0, 0.1) is 0 Å². The monoisotopic (exact) mass is 368 g/mol. The van der Waals surface area contributed by atoms with E-state index >= 15 is 0 Å². The summed E-state index contributed by atoms with van der Waals surface area (Å²) in [6, 6.07) is 5.91. The molecule has 0 saturated carbocycles. The normalized spacial score (nSPS) is 20.8. The molecule has 1 aliphatic heterocycles. The predicted molar refractivity (Wildman–Crippen MR) is 93.8 cm³/mol.